The molecule has 3 atom stereocenters. The van der Waals surface area contributed by atoms with Crippen LogP contribution in [0.5, 0.6) is 5.75 Å². The van der Waals surface area contributed by atoms with Gasteiger partial charge in [-0.1, -0.05) is 0 Å². The minimum atomic E-state index is -0.490. The highest BCUT2D eigenvalue weighted by molar-refractivity contribution is 5.74. The quantitative estimate of drug-likeness (QED) is 0.450. The molecule has 4 heterocycles. The molecule has 0 amide bonds. The number of rotatable bonds is 2. The van der Waals surface area contributed by atoms with Crippen molar-refractivity contribution in [1.82, 2.24) is 24.5 Å². The van der Waals surface area contributed by atoms with Gasteiger partial charge in [0.2, 0.25) is 0 Å². The van der Waals surface area contributed by atoms with Crippen molar-refractivity contribution < 1.29 is 13.9 Å². The number of nitrogen functional groups attached to an aromatic ring is 1. The molecular formula is C26H27FN6O2. The number of methoxy groups -OCH3 is 1. The Balaban J connectivity index is 1.72. The summed E-state index contributed by atoms with van der Waals surface area (Å²) >= 11 is 0. The average Bonchev–Trinajstić information content (AvgIpc) is 3.51. The van der Waals surface area contributed by atoms with Crippen LogP contribution in [0.4, 0.5) is 10.2 Å². The summed E-state index contributed by atoms with van der Waals surface area (Å²) in [4.78, 5) is 4.44. The minimum absolute atomic E-state index is 0.0106. The molecule has 1 aliphatic heterocycles. The van der Waals surface area contributed by atoms with Gasteiger partial charge < -0.3 is 15.2 Å². The number of ether oxygens (including phenoxy) is 2. The van der Waals surface area contributed by atoms with Crippen molar-refractivity contribution in [1.29, 1.82) is 0 Å². The first kappa shape index (κ1) is 21.8. The molecule has 2 N–H and O–H groups in total. The molecule has 8 nitrogen and oxygen atoms in total. The monoisotopic (exact) mass is 474 g/mol. The Hall–Kier alpha value is -3.72. The van der Waals surface area contributed by atoms with Crippen LogP contribution in [0, 0.1) is 5.82 Å². The first-order valence-corrected chi connectivity index (χ1v) is 11.8. The van der Waals surface area contributed by atoms with Crippen molar-refractivity contribution in [2.75, 3.05) is 12.8 Å². The lowest BCUT2D eigenvalue weighted by Crippen LogP contribution is -2.11. The smallest absolute Gasteiger partial charge is 0.166 e. The fraction of sp³-hybridized carbons (Fsp3) is 0.346. The van der Waals surface area contributed by atoms with Gasteiger partial charge in [-0.25, -0.2) is 9.37 Å². The summed E-state index contributed by atoms with van der Waals surface area (Å²) in [6.45, 7) is 4.63. The fourth-order valence-electron chi connectivity index (χ4n) is 5.53. The van der Waals surface area contributed by atoms with Crippen LogP contribution in [0.25, 0.3) is 22.5 Å². The topological polar surface area (TPSA) is 93.0 Å². The zero-order valence-electron chi connectivity index (χ0n) is 20.1. The Labute approximate surface area is 202 Å². The molecule has 2 bridgehead atoms. The first-order valence-electron chi connectivity index (χ1n) is 11.8. The number of hydrogen-bond acceptors (Lipinski definition) is 6. The van der Waals surface area contributed by atoms with E-state index in [0.717, 1.165) is 45.8 Å². The van der Waals surface area contributed by atoms with Crippen LogP contribution in [0.1, 0.15) is 60.8 Å². The summed E-state index contributed by atoms with van der Waals surface area (Å²) in [6.07, 6.45) is 3.91. The number of halogens is 1. The highest BCUT2D eigenvalue weighted by atomic mass is 19.1. The molecule has 0 saturated carbocycles. The van der Waals surface area contributed by atoms with Crippen LogP contribution >= 0.6 is 0 Å². The molecule has 0 spiro atoms. The van der Waals surface area contributed by atoms with Gasteiger partial charge in [0.05, 0.1) is 17.1 Å². The number of anilines is 1. The zero-order valence-corrected chi connectivity index (χ0v) is 20.1. The Morgan fingerprint density at radius 1 is 1.23 bits per heavy atom. The van der Waals surface area contributed by atoms with Crippen LogP contribution in [0.15, 0.2) is 36.7 Å². The highest BCUT2D eigenvalue weighted by Gasteiger charge is 2.41. The van der Waals surface area contributed by atoms with E-state index >= 15 is 0 Å². The highest BCUT2D eigenvalue weighted by Crippen LogP contribution is 2.52. The fourth-order valence-corrected chi connectivity index (χ4v) is 5.53. The molecule has 1 aromatic carbocycles. The van der Waals surface area contributed by atoms with E-state index in [1.165, 1.54) is 12.1 Å². The van der Waals surface area contributed by atoms with E-state index in [1.54, 1.807) is 19.4 Å². The first-order chi connectivity index (χ1) is 16.9. The third kappa shape index (κ3) is 3.25. The van der Waals surface area contributed by atoms with Gasteiger partial charge in [0.1, 0.15) is 18.0 Å². The normalized spacial score (nSPS) is 20.3. The van der Waals surface area contributed by atoms with Crippen molar-refractivity contribution in [3.05, 3.63) is 64.9 Å². The Bertz CT molecular complexity index is 1460. The van der Waals surface area contributed by atoms with Crippen LogP contribution < -0.4 is 10.5 Å². The van der Waals surface area contributed by atoms with Gasteiger partial charge in [0.25, 0.3) is 0 Å². The minimum Gasteiger partial charge on any atom is -0.482 e. The number of fused-ring (bicyclic) bond motifs is 7. The molecule has 1 aliphatic carbocycles. The van der Waals surface area contributed by atoms with Crippen molar-refractivity contribution in [2.24, 2.45) is 7.05 Å². The molecule has 180 valence electrons. The molecule has 4 aromatic rings. The van der Waals surface area contributed by atoms with Gasteiger partial charge in [0.15, 0.2) is 11.6 Å². The number of nitrogens with two attached hydrogens (primary N) is 1. The predicted octanol–water partition coefficient (Wildman–Crippen LogP) is 4.76. The molecule has 3 aromatic heterocycles. The Kier molecular flexibility index (Phi) is 4.93. The standard InChI is InChI=1S/C26H27FN6O2/c1-5-33-25-14-8-21(26(28)29-11-14)35-13(2)17-9-15(27)6-7-16(17)23-19(12-32(3)30-23)18-10-20(34-4)24(31-33)22(18)25/h6-9,11-13,18,20H,5,10H2,1-4H3,(H2,28,29)/t13-,18?,20?/m1/s1. The second-order valence-electron chi connectivity index (χ2n) is 9.18. The summed E-state index contributed by atoms with van der Waals surface area (Å²) in [5.74, 6) is 0.378. The number of nitrogens with zero attached hydrogens (tertiary/aromatic N) is 5. The molecule has 0 fully saturated rings. The predicted molar refractivity (Wildman–Crippen MR) is 129 cm³/mol. The maximum absolute atomic E-state index is 14.4. The van der Waals surface area contributed by atoms with Gasteiger partial charge in [-0.2, -0.15) is 10.2 Å². The third-order valence-electron chi connectivity index (χ3n) is 7.10. The lowest BCUT2D eigenvalue weighted by Gasteiger charge is -2.22. The second-order valence-corrected chi connectivity index (χ2v) is 9.18. The molecule has 0 radical (unpaired) electrons. The van der Waals surface area contributed by atoms with Crippen molar-refractivity contribution in [2.45, 2.75) is 44.9 Å². The van der Waals surface area contributed by atoms with E-state index in [0.29, 0.717) is 17.9 Å². The number of aryl methyl sites for hydroxylation is 2. The van der Waals surface area contributed by atoms with Crippen molar-refractivity contribution in [3.8, 4) is 28.3 Å². The summed E-state index contributed by atoms with van der Waals surface area (Å²) in [5, 5.41) is 9.79. The van der Waals surface area contributed by atoms with Gasteiger partial charge in [0, 0.05) is 66.8 Å². The summed E-state index contributed by atoms with van der Waals surface area (Å²) in [5.41, 5.74) is 13.5. The molecule has 2 unspecified atom stereocenters. The molecule has 0 saturated heterocycles. The Morgan fingerprint density at radius 3 is 2.83 bits per heavy atom. The van der Waals surface area contributed by atoms with Gasteiger partial charge in [-0.05, 0) is 44.5 Å². The number of pyridine rings is 1. The largest absolute Gasteiger partial charge is 0.482 e. The molecule has 35 heavy (non-hydrogen) atoms. The molecular weight excluding hydrogens is 447 g/mol. The van der Waals surface area contributed by atoms with E-state index in [1.807, 2.05) is 35.6 Å². The molecule has 9 heteroatoms. The Morgan fingerprint density at radius 2 is 2.06 bits per heavy atom. The number of aromatic nitrogens is 5. The SMILES string of the molecule is CCn1nc2c3c1-c1cnc(N)c(c1)O[C@H](C)c1cc(F)ccc1-c1nn(C)cc1C3CC2OC. The lowest BCUT2D eigenvalue weighted by atomic mass is 9.88. The second kappa shape index (κ2) is 7.91. The molecule has 2 aliphatic rings. The van der Waals surface area contributed by atoms with E-state index in [-0.39, 0.29) is 23.7 Å². The average molecular weight is 475 g/mol. The van der Waals surface area contributed by atoms with Crippen molar-refractivity contribution >= 4 is 5.82 Å². The third-order valence-corrected chi connectivity index (χ3v) is 7.10. The summed E-state index contributed by atoms with van der Waals surface area (Å²) in [6, 6.07) is 6.66. The number of benzene rings is 1. The van der Waals surface area contributed by atoms with Crippen LogP contribution in [0.2, 0.25) is 0 Å². The zero-order chi connectivity index (χ0) is 24.4. The van der Waals surface area contributed by atoms with E-state index in [4.69, 9.17) is 25.4 Å². The van der Waals surface area contributed by atoms with E-state index in [2.05, 4.69) is 11.9 Å². The van der Waals surface area contributed by atoms with E-state index < -0.39 is 6.10 Å². The van der Waals surface area contributed by atoms with Crippen LogP contribution in [0.3, 0.4) is 0 Å². The summed E-state index contributed by atoms with van der Waals surface area (Å²) in [7, 11) is 3.62. The van der Waals surface area contributed by atoms with Crippen LogP contribution in [-0.4, -0.2) is 31.7 Å². The van der Waals surface area contributed by atoms with Gasteiger partial charge in [-0.15, -0.1) is 0 Å². The molecule has 6 rings (SSSR count). The summed E-state index contributed by atoms with van der Waals surface area (Å²) < 4.78 is 30.4. The maximum atomic E-state index is 14.4. The van der Waals surface area contributed by atoms with Gasteiger partial charge in [-0.3, -0.25) is 9.36 Å². The van der Waals surface area contributed by atoms with E-state index in [9.17, 15) is 4.39 Å². The lowest BCUT2D eigenvalue weighted by molar-refractivity contribution is 0.0980. The number of hydrogen-bond donors (Lipinski definition) is 1. The van der Waals surface area contributed by atoms with Crippen molar-refractivity contribution in [3.63, 3.8) is 0 Å². The van der Waals surface area contributed by atoms with Crippen LogP contribution in [-0.2, 0) is 18.3 Å². The maximum Gasteiger partial charge on any atom is 0.166 e. The van der Waals surface area contributed by atoms with Gasteiger partial charge >= 0.3 is 0 Å².